The first-order valence-corrected chi connectivity index (χ1v) is 10.0. The van der Waals surface area contributed by atoms with Gasteiger partial charge in [0.1, 0.15) is 9.88 Å². The summed E-state index contributed by atoms with van der Waals surface area (Å²) >= 11 is 0.836. The number of nitrogens with zero attached hydrogens (tertiary/aromatic N) is 1. The molecule has 0 bridgehead atoms. The van der Waals surface area contributed by atoms with Crippen molar-refractivity contribution in [3.63, 3.8) is 0 Å². The third kappa shape index (κ3) is 5.69. The number of benzene rings is 2. The van der Waals surface area contributed by atoms with Crippen LogP contribution >= 0.6 is 11.3 Å². The lowest BCUT2D eigenvalue weighted by molar-refractivity contribution is -0.138. The summed E-state index contributed by atoms with van der Waals surface area (Å²) in [4.78, 5) is 28.0. The van der Waals surface area contributed by atoms with Crippen molar-refractivity contribution in [2.45, 2.75) is 26.2 Å². The second-order valence-electron chi connectivity index (χ2n) is 6.90. The van der Waals surface area contributed by atoms with Gasteiger partial charge in [-0.2, -0.15) is 26.3 Å². The van der Waals surface area contributed by atoms with Crippen molar-refractivity contribution in [3.05, 3.63) is 64.2 Å². The summed E-state index contributed by atoms with van der Waals surface area (Å²) in [5.41, 5.74) is -2.09. The first-order valence-electron chi connectivity index (χ1n) is 9.21. The maximum atomic E-state index is 13.5. The number of anilines is 2. The Morgan fingerprint density at radius 2 is 1.55 bits per heavy atom. The number of thiazole rings is 1. The number of carbonyl (C=O) groups is 2. The van der Waals surface area contributed by atoms with Gasteiger partial charge in [-0.25, -0.2) is 4.98 Å². The fourth-order valence-corrected chi connectivity index (χ4v) is 3.85. The number of rotatable bonds is 4. The Labute approximate surface area is 187 Å². The van der Waals surface area contributed by atoms with Gasteiger partial charge < -0.3 is 10.6 Å². The van der Waals surface area contributed by atoms with E-state index in [1.165, 1.54) is 25.1 Å². The molecule has 0 aliphatic heterocycles. The third-order valence-electron chi connectivity index (χ3n) is 4.36. The van der Waals surface area contributed by atoms with E-state index in [1.807, 2.05) is 0 Å². The lowest BCUT2D eigenvalue weighted by Crippen LogP contribution is -2.17. The zero-order valence-corrected chi connectivity index (χ0v) is 17.8. The number of hydrogen-bond acceptors (Lipinski definition) is 4. The topological polar surface area (TPSA) is 71.1 Å². The molecule has 0 unspecified atom stereocenters. The van der Waals surface area contributed by atoms with Gasteiger partial charge in [-0.05, 0) is 37.3 Å². The van der Waals surface area contributed by atoms with Gasteiger partial charge >= 0.3 is 12.4 Å². The average Bonchev–Trinajstić information content (AvgIpc) is 3.09. The quantitative estimate of drug-likeness (QED) is 0.421. The number of alkyl halides is 6. The van der Waals surface area contributed by atoms with Gasteiger partial charge in [0.15, 0.2) is 0 Å². The molecule has 1 heterocycles. The fourth-order valence-electron chi connectivity index (χ4n) is 2.88. The van der Waals surface area contributed by atoms with Gasteiger partial charge in [0.25, 0.3) is 5.91 Å². The molecule has 3 rings (SSSR count). The summed E-state index contributed by atoms with van der Waals surface area (Å²) in [6.07, 6.45) is -9.32. The molecule has 5 nitrogen and oxygen atoms in total. The molecule has 0 spiro atoms. The van der Waals surface area contributed by atoms with Crippen LogP contribution in [0, 0.1) is 6.92 Å². The van der Waals surface area contributed by atoms with Crippen molar-refractivity contribution in [2.75, 3.05) is 10.6 Å². The molecule has 0 saturated carbocycles. The number of amides is 2. The van der Waals surface area contributed by atoms with Gasteiger partial charge in [0.2, 0.25) is 5.91 Å². The number of aryl methyl sites for hydroxylation is 1. The van der Waals surface area contributed by atoms with Crippen LogP contribution in [0.1, 0.15) is 33.4 Å². The number of carbonyl (C=O) groups excluding carboxylic acids is 2. The molecule has 3 aromatic rings. The molecule has 0 aliphatic carbocycles. The average molecular weight is 487 g/mol. The Bertz CT molecular complexity index is 1200. The lowest BCUT2D eigenvalue weighted by atomic mass is 10.1. The van der Waals surface area contributed by atoms with Crippen molar-refractivity contribution >= 4 is 34.5 Å². The standard InChI is InChI=1S/C21H15F6N3O2S/c1-10-17(33-19(28-10)12-3-5-13(6-4-12)20(22,23)24)18(32)30-16-8-7-14(29-11(2)31)9-15(16)21(25,26)27/h3-9H,1-2H3,(H,29,31)(H,30,32). The number of hydrogen-bond donors (Lipinski definition) is 2. The van der Waals surface area contributed by atoms with E-state index in [1.54, 1.807) is 0 Å². The maximum absolute atomic E-state index is 13.5. The van der Waals surface area contributed by atoms with E-state index in [2.05, 4.69) is 15.6 Å². The number of aromatic nitrogens is 1. The van der Waals surface area contributed by atoms with Crippen LogP contribution in [0.4, 0.5) is 37.7 Å². The van der Waals surface area contributed by atoms with Gasteiger partial charge in [-0.1, -0.05) is 12.1 Å². The molecule has 1 aromatic heterocycles. The summed E-state index contributed by atoms with van der Waals surface area (Å²) in [7, 11) is 0. The minimum absolute atomic E-state index is 0.00367. The zero-order chi connectivity index (χ0) is 24.6. The molecule has 0 aliphatic rings. The van der Waals surface area contributed by atoms with Crippen molar-refractivity contribution in [1.29, 1.82) is 0 Å². The Balaban J connectivity index is 1.88. The largest absolute Gasteiger partial charge is 0.418 e. The van der Waals surface area contributed by atoms with Crippen molar-refractivity contribution in [2.24, 2.45) is 0 Å². The normalized spacial score (nSPS) is 11.9. The van der Waals surface area contributed by atoms with E-state index >= 15 is 0 Å². The SMILES string of the molecule is CC(=O)Nc1ccc(NC(=O)c2sc(-c3ccc(C(F)(F)F)cc3)nc2C)c(C(F)(F)F)c1. The summed E-state index contributed by atoms with van der Waals surface area (Å²) < 4.78 is 78.7. The summed E-state index contributed by atoms with van der Waals surface area (Å²) in [5, 5.41) is 4.68. The van der Waals surface area contributed by atoms with Crippen molar-refractivity contribution in [3.8, 4) is 10.6 Å². The smallest absolute Gasteiger partial charge is 0.326 e. The summed E-state index contributed by atoms with van der Waals surface area (Å²) in [5.74, 6) is -1.42. The second-order valence-corrected chi connectivity index (χ2v) is 7.90. The molecule has 0 saturated heterocycles. The monoisotopic (exact) mass is 487 g/mol. The Morgan fingerprint density at radius 3 is 2.09 bits per heavy atom. The van der Waals surface area contributed by atoms with Gasteiger partial charge in [-0.15, -0.1) is 11.3 Å². The summed E-state index contributed by atoms with van der Waals surface area (Å²) in [6, 6.07) is 7.06. The molecule has 0 fully saturated rings. The van der Waals surface area contributed by atoms with Crippen LogP contribution < -0.4 is 10.6 Å². The molecule has 174 valence electrons. The van der Waals surface area contributed by atoms with Crippen LogP contribution in [0.5, 0.6) is 0 Å². The molecule has 33 heavy (non-hydrogen) atoms. The minimum Gasteiger partial charge on any atom is -0.326 e. The molecular weight excluding hydrogens is 472 g/mol. The first kappa shape index (κ1) is 24.2. The van der Waals surface area contributed by atoms with E-state index in [9.17, 15) is 35.9 Å². The van der Waals surface area contributed by atoms with Crippen molar-refractivity contribution in [1.82, 2.24) is 4.98 Å². The van der Waals surface area contributed by atoms with Crippen LogP contribution in [-0.4, -0.2) is 16.8 Å². The van der Waals surface area contributed by atoms with Gasteiger partial charge in [0.05, 0.1) is 22.5 Å². The lowest BCUT2D eigenvalue weighted by Gasteiger charge is -2.15. The first-order chi connectivity index (χ1) is 15.3. The Kier molecular flexibility index (Phi) is 6.50. The minimum atomic E-state index is -4.81. The highest BCUT2D eigenvalue weighted by Gasteiger charge is 2.35. The van der Waals surface area contributed by atoms with Gasteiger partial charge in [-0.3, -0.25) is 9.59 Å². The van der Waals surface area contributed by atoms with Crippen LogP contribution in [0.2, 0.25) is 0 Å². The maximum Gasteiger partial charge on any atom is 0.418 e. The van der Waals surface area contributed by atoms with Crippen molar-refractivity contribution < 1.29 is 35.9 Å². The molecular formula is C21H15F6N3O2S. The predicted molar refractivity (Wildman–Crippen MR) is 111 cm³/mol. The van der Waals surface area contributed by atoms with Crippen LogP contribution in [0.3, 0.4) is 0 Å². The van der Waals surface area contributed by atoms with E-state index in [4.69, 9.17) is 0 Å². The molecule has 0 atom stereocenters. The highest BCUT2D eigenvalue weighted by atomic mass is 32.1. The van der Waals surface area contributed by atoms with E-state index in [0.29, 0.717) is 11.6 Å². The predicted octanol–water partition coefficient (Wildman–Crippen LogP) is 6.37. The third-order valence-corrected chi connectivity index (χ3v) is 5.56. The zero-order valence-electron chi connectivity index (χ0n) is 17.0. The highest BCUT2D eigenvalue weighted by Crippen LogP contribution is 2.38. The fraction of sp³-hybridized carbons (Fsp3) is 0.190. The van der Waals surface area contributed by atoms with Gasteiger partial charge in [0, 0.05) is 18.2 Å². The van der Waals surface area contributed by atoms with E-state index < -0.39 is 41.0 Å². The number of nitrogens with one attached hydrogen (secondary N) is 2. The molecule has 2 aromatic carbocycles. The molecule has 2 N–H and O–H groups in total. The van der Waals surface area contributed by atoms with E-state index in [-0.39, 0.29) is 21.3 Å². The molecule has 12 heteroatoms. The van der Waals surface area contributed by atoms with Crippen LogP contribution in [0.25, 0.3) is 10.6 Å². The Morgan fingerprint density at radius 1 is 0.909 bits per heavy atom. The van der Waals surface area contributed by atoms with E-state index in [0.717, 1.165) is 36.5 Å². The Hall–Kier alpha value is -3.41. The van der Waals surface area contributed by atoms with Crippen LogP contribution in [0.15, 0.2) is 42.5 Å². The second kappa shape index (κ2) is 8.85. The van der Waals surface area contributed by atoms with Crippen LogP contribution in [-0.2, 0) is 17.1 Å². The highest BCUT2D eigenvalue weighted by molar-refractivity contribution is 7.17. The summed E-state index contributed by atoms with van der Waals surface area (Å²) in [6.45, 7) is 2.60. The molecule has 0 radical (unpaired) electrons. The number of halogens is 6. The molecule has 2 amide bonds.